The van der Waals surface area contributed by atoms with Crippen LogP contribution in [0.4, 0.5) is 10.1 Å². The first-order chi connectivity index (χ1) is 13.4. The molecule has 0 bridgehead atoms. The van der Waals surface area contributed by atoms with Gasteiger partial charge in [-0.1, -0.05) is 18.9 Å². The first kappa shape index (κ1) is 20.0. The van der Waals surface area contributed by atoms with Gasteiger partial charge in [0.2, 0.25) is 23.6 Å². The maximum Gasteiger partial charge on any atom is 0.243 e. The zero-order valence-electron chi connectivity index (χ0n) is 15.8. The number of carbonyl (C=O) groups is 4. The van der Waals surface area contributed by atoms with E-state index in [4.69, 9.17) is 0 Å². The third-order valence-electron chi connectivity index (χ3n) is 5.40. The second-order valence-corrected chi connectivity index (χ2v) is 7.38. The molecular formula is C20H24FN3O4. The van der Waals surface area contributed by atoms with Crippen molar-refractivity contribution >= 4 is 29.3 Å². The van der Waals surface area contributed by atoms with Gasteiger partial charge in [0.1, 0.15) is 5.82 Å². The van der Waals surface area contributed by atoms with E-state index in [0.29, 0.717) is 5.69 Å². The van der Waals surface area contributed by atoms with E-state index >= 15 is 0 Å². The summed E-state index contributed by atoms with van der Waals surface area (Å²) in [7, 11) is 1.47. The molecule has 1 saturated carbocycles. The van der Waals surface area contributed by atoms with Crippen molar-refractivity contribution in [2.24, 2.45) is 11.8 Å². The van der Waals surface area contributed by atoms with E-state index in [0.717, 1.165) is 25.7 Å². The largest absolute Gasteiger partial charge is 0.336 e. The lowest BCUT2D eigenvalue weighted by Crippen LogP contribution is -2.38. The summed E-state index contributed by atoms with van der Waals surface area (Å²) in [4.78, 5) is 51.6. The highest BCUT2D eigenvalue weighted by Gasteiger charge is 2.47. The maximum atomic E-state index is 13.2. The molecule has 2 atom stereocenters. The second kappa shape index (κ2) is 8.50. The Hall–Kier alpha value is -2.77. The van der Waals surface area contributed by atoms with E-state index in [1.807, 2.05) is 0 Å². The van der Waals surface area contributed by atoms with E-state index in [-0.39, 0.29) is 49.1 Å². The first-order valence-corrected chi connectivity index (χ1v) is 9.51. The fourth-order valence-corrected chi connectivity index (χ4v) is 3.92. The molecule has 4 amide bonds. The minimum absolute atomic E-state index is 0.0271. The van der Waals surface area contributed by atoms with Crippen molar-refractivity contribution in [1.82, 2.24) is 9.80 Å². The number of likely N-dealkylation sites (N-methyl/N-ethyl adjacent to an activating group) is 1. The summed E-state index contributed by atoms with van der Waals surface area (Å²) in [6.45, 7) is -0.165. The number of hydrogen-bond acceptors (Lipinski definition) is 4. The molecule has 1 aliphatic heterocycles. The molecule has 2 fully saturated rings. The van der Waals surface area contributed by atoms with E-state index in [1.165, 1.54) is 35.0 Å². The molecule has 1 aromatic carbocycles. The highest BCUT2D eigenvalue weighted by atomic mass is 19.1. The highest BCUT2D eigenvalue weighted by molar-refractivity contribution is 6.05. The molecule has 8 heteroatoms. The molecule has 1 saturated heterocycles. The molecule has 1 aromatic rings. The Balaban J connectivity index is 1.48. The molecule has 0 unspecified atom stereocenters. The number of nitrogens with one attached hydrogen (secondary N) is 1. The molecule has 1 heterocycles. The molecule has 0 aromatic heterocycles. The van der Waals surface area contributed by atoms with Crippen molar-refractivity contribution in [3.63, 3.8) is 0 Å². The van der Waals surface area contributed by atoms with E-state index in [9.17, 15) is 23.6 Å². The van der Waals surface area contributed by atoms with Crippen LogP contribution < -0.4 is 5.32 Å². The second-order valence-electron chi connectivity index (χ2n) is 7.38. The van der Waals surface area contributed by atoms with Crippen LogP contribution in [-0.2, 0) is 19.2 Å². The smallest absolute Gasteiger partial charge is 0.243 e. The topological polar surface area (TPSA) is 86.8 Å². The Morgan fingerprint density at radius 2 is 1.82 bits per heavy atom. The Bertz CT molecular complexity index is 773. The number of halogens is 1. The lowest BCUT2D eigenvalue weighted by atomic mass is 9.81. The van der Waals surface area contributed by atoms with Gasteiger partial charge in [0.05, 0.1) is 18.4 Å². The van der Waals surface area contributed by atoms with Crippen molar-refractivity contribution in [2.75, 3.05) is 25.5 Å². The first-order valence-electron chi connectivity index (χ1n) is 9.51. The normalized spacial score (nSPS) is 21.4. The number of fused-ring (bicyclic) bond motifs is 1. The van der Waals surface area contributed by atoms with Crippen LogP contribution >= 0.6 is 0 Å². The lowest BCUT2D eigenvalue weighted by molar-refractivity contribution is -0.141. The molecule has 28 heavy (non-hydrogen) atoms. The number of imide groups is 1. The summed E-state index contributed by atoms with van der Waals surface area (Å²) >= 11 is 0. The van der Waals surface area contributed by atoms with Crippen molar-refractivity contribution in [3.05, 3.63) is 30.1 Å². The van der Waals surface area contributed by atoms with Crippen molar-refractivity contribution < 1.29 is 23.6 Å². The lowest BCUT2D eigenvalue weighted by Gasteiger charge is -2.19. The molecule has 1 N–H and O–H groups in total. The number of amides is 4. The Labute approximate surface area is 162 Å². The number of hydrogen-bond donors (Lipinski definition) is 1. The van der Waals surface area contributed by atoms with Crippen LogP contribution in [-0.4, -0.2) is 53.6 Å². The molecule has 1 aliphatic carbocycles. The van der Waals surface area contributed by atoms with Gasteiger partial charge in [-0.2, -0.15) is 0 Å². The summed E-state index contributed by atoms with van der Waals surface area (Å²) in [6, 6.07) is 5.47. The average Bonchev–Trinajstić information content (AvgIpc) is 2.90. The fourth-order valence-electron chi connectivity index (χ4n) is 3.92. The predicted molar refractivity (Wildman–Crippen MR) is 99.5 cm³/mol. The summed E-state index contributed by atoms with van der Waals surface area (Å²) in [5, 5.41) is 2.52. The molecule has 0 spiro atoms. The van der Waals surface area contributed by atoms with Crippen molar-refractivity contribution in [1.29, 1.82) is 0 Å². The van der Waals surface area contributed by atoms with Gasteiger partial charge in [0, 0.05) is 25.7 Å². The van der Waals surface area contributed by atoms with Crippen LogP contribution in [0.2, 0.25) is 0 Å². The van der Waals surface area contributed by atoms with Gasteiger partial charge in [0.25, 0.3) is 0 Å². The molecule has 150 valence electrons. The highest BCUT2D eigenvalue weighted by Crippen LogP contribution is 2.37. The summed E-state index contributed by atoms with van der Waals surface area (Å²) in [5.74, 6) is -2.08. The van der Waals surface area contributed by atoms with Crippen LogP contribution in [0.1, 0.15) is 32.1 Å². The van der Waals surface area contributed by atoms with Crippen LogP contribution in [0.5, 0.6) is 0 Å². The summed E-state index contributed by atoms with van der Waals surface area (Å²) in [5.41, 5.74) is 0.307. The fraction of sp³-hybridized carbons (Fsp3) is 0.500. The van der Waals surface area contributed by atoms with Gasteiger partial charge in [0.15, 0.2) is 0 Å². The van der Waals surface area contributed by atoms with Gasteiger partial charge >= 0.3 is 0 Å². The molecule has 3 rings (SSSR count). The van der Waals surface area contributed by atoms with E-state index in [2.05, 4.69) is 5.32 Å². The number of anilines is 1. The third kappa shape index (κ3) is 4.37. The Morgan fingerprint density at radius 3 is 2.43 bits per heavy atom. The Kier molecular flexibility index (Phi) is 6.06. The van der Waals surface area contributed by atoms with Crippen molar-refractivity contribution in [3.8, 4) is 0 Å². The van der Waals surface area contributed by atoms with Gasteiger partial charge in [-0.05, 0) is 31.0 Å². The number of nitrogens with zero attached hydrogens (tertiary/aromatic N) is 2. The minimum atomic E-state index is -0.470. The van der Waals surface area contributed by atoms with Gasteiger partial charge in [-0.15, -0.1) is 0 Å². The zero-order valence-corrected chi connectivity index (χ0v) is 15.8. The summed E-state index contributed by atoms with van der Waals surface area (Å²) < 4.78 is 13.2. The van der Waals surface area contributed by atoms with Gasteiger partial charge < -0.3 is 10.2 Å². The van der Waals surface area contributed by atoms with Crippen LogP contribution in [0.15, 0.2) is 24.3 Å². The van der Waals surface area contributed by atoms with Gasteiger partial charge in [-0.25, -0.2) is 4.39 Å². The van der Waals surface area contributed by atoms with Crippen LogP contribution in [0.3, 0.4) is 0 Å². The molecular weight excluding hydrogens is 365 g/mol. The SMILES string of the molecule is CN(CC(=O)Nc1cccc(F)c1)C(=O)CCN1C(=O)[C@@H]2CCCC[C@H]2C1=O. The van der Waals surface area contributed by atoms with Crippen LogP contribution in [0.25, 0.3) is 0 Å². The summed E-state index contributed by atoms with van der Waals surface area (Å²) in [6.07, 6.45) is 3.35. The predicted octanol–water partition coefficient (Wildman–Crippen LogP) is 1.79. The van der Waals surface area contributed by atoms with E-state index < -0.39 is 11.7 Å². The molecule has 2 aliphatic rings. The minimum Gasteiger partial charge on any atom is -0.336 e. The van der Waals surface area contributed by atoms with Gasteiger partial charge in [-0.3, -0.25) is 24.1 Å². The van der Waals surface area contributed by atoms with E-state index in [1.54, 1.807) is 6.07 Å². The third-order valence-corrected chi connectivity index (χ3v) is 5.40. The van der Waals surface area contributed by atoms with Crippen LogP contribution in [0, 0.1) is 17.7 Å². The number of carbonyl (C=O) groups excluding carboxylic acids is 4. The monoisotopic (exact) mass is 389 g/mol. The molecule has 0 radical (unpaired) electrons. The Morgan fingerprint density at radius 1 is 1.18 bits per heavy atom. The number of likely N-dealkylation sites (tertiary alicyclic amines) is 1. The average molecular weight is 389 g/mol. The number of benzene rings is 1. The molecule has 7 nitrogen and oxygen atoms in total. The maximum absolute atomic E-state index is 13.2. The quantitative estimate of drug-likeness (QED) is 0.752. The standard InChI is InChI=1S/C20H24FN3O4/c1-23(12-17(25)22-14-6-4-5-13(21)11-14)18(26)9-10-24-19(27)15-7-2-3-8-16(15)20(24)28/h4-6,11,15-16H,2-3,7-10,12H2,1H3,(H,22,25)/t15-,16-/m1/s1. The number of rotatable bonds is 6. The zero-order chi connectivity index (χ0) is 20.3. The van der Waals surface area contributed by atoms with Crippen molar-refractivity contribution in [2.45, 2.75) is 32.1 Å².